The van der Waals surface area contributed by atoms with Crippen molar-refractivity contribution < 1.29 is 17.9 Å². The molecule has 0 aromatic carbocycles. The first-order chi connectivity index (χ1) is 6.94. The number of hydrogen-bond acceptors (Lipinski definition) is 5. The molecular formula is C9H17NO4S. The Morgan fingerprint density at radius 3 is 2.60 bits per heavy atom. The maximum absolute atomic E-state index is 11.3. The van der Waals surface area contributed by atoms with E-state index in [1.54, 1.807) is 0 Å². The highest BCUT2D eigenvalue weighted by Crippen LogP contribution is 2.21. The highest BCUT2D eigenvalue weighted by atomic mass is 32.2. The zero-order chi connectivity index (χ0) is 11.5. The van der Waals surface area contributed by atoms with Gasteiger partial charge in [-0.1, -0.05) is 0 Å². The van der Waals surface area contributed by atoms with Crippen LogP contribution in [0.2, 0.25) is 0 Å². The van der Waals surface area contributed by atoms with E-state index >= 15 is 0 Å². The number of hydrogen-bond donors (Lipinski definition) is 1. The Morgan fingerprint density at radius 1 is 1.40 bits per heavy atom. The molecule has 1 saturated heterocycles. The quantitative estimate of drug-likeness (QED) is 0.664. The van der Waals surface area contributed by atoms with Gasteiger partial charge in [0.05, 0.1) is 18.6 Å². The van der Waals surface area contributed by atoms with Crippen LogP contribution in [0.5, 0.6) is 0 Å². The van der Waals surface area contributed by atoms with Crippen LogP contribution in [0.25, 0.3) is 0 Å². The van der Waals surface area contributed by atoms with Gasteiger partial charge >= 0.3 is 5.97 Å². The highest BCUT2D eigenvalue weighted by Gasteiger charge is 2.28. The second-order valence-electron chi connectivity index (χ2n) is 3.93. The summed E-state index contributed by atoms with van der Waals surface area (Å²) in [5, 5.41) is 0. The maximum Gasteiger partial charge on any atom is 0.305 e. The summed E-state index contributed by atoms with van der Waals surface area (Å²) in [6, 6.07) is -0.221. The van der Waals surface area contributed by atoms with Crippen molar-refractivity contribution in [3.8, 4) is 0 Å². The predicted octanol–water partition coefficient (Wildman–Crippen LogP) is -0.298. The molecule has 1 rings (SSSR count). The van der Waals surface area contributed by atoms with Crippen molar-refractivity contribution in [2.24, 2.45) is 11.7 Å². The molecule has 0 spiro atoms. The fourth-order valence-corrected chi connectivity index (χ4v) is 3.25. The van der Waals surface area contributed by atoms with Crippen LogP contribution < -0.4 is 5.73 Å². The zero-order valence-electron chi connectivity index (χ0n) is 8.81. The normalized spacial score (nSPS) is 30.5. The van der Waals surface area contributed by atoms with Crippen molar-refractivity contribution in [2.75, 3.05) is 18.6 Å². The number of sulfone groups is 1. The molecule has 0 radical (unpaired) electrons. The third-order valence-corrected chi connectivity index (χ3v) is 4.54. The zero-order valence-corrected chi connectivity index (χ0v) is 9.63. The highest BCUT2D eigenvalue weighted by molar-refractivity contribution is 7.91. The second-order valence-corrected chi connectivity index (χ2v) is 6.24. The number of carbonyl (C=O) groups excluding carboxylic acids is 1. The van der Waals surface area contributed by atoms with E-state index in [0.29, 0.717) is 12.8 Å². The topological polar surface area (TPSA) is 86.5 Å². The van der Waals surface area contributed by atoms with E-state index in [-0.39, 0.29) is 35.9 Å². The number of rotatable bonds is 2. The fourth-order valence-electron chi connectivity index (χ4n) is 1.75. The third kappa shape index (κ3) is 3.79. The lowest BCUT2D eigenvalue weighted by molar-refractivity contribution is -0.141. The second kappa shape index (κ2) is 4.94. The first kappa shape index (κ1) is 12.4. The molecular weight excluding hydrogens is 218 g/mol. The van der Waals surface area contributed by atoms with Gasteiger partial charge in [-0.25, -0.2) is 8.42 Å². The van der Waals surface area contributed by atoms with Gasteiger partial charge in [-0.15, -0.1) is 0 Å². The van der Waals surface area contributed by atoms with Crippen molar-refractivity contribution in [1.29, 1.82) is 0 Å². The van der Waals surface area contributed by atoms with E-state index in [1.807, 2.05) is 0 Å². The molecule has 2 N–H and O–H groups in total. The summed E-state index contributed by atoms with van der Waals surface area (Å²) in [4.78, 5) is 11.1. The number of methoxy groups -OCH3 is 1. The van der Waals surface area contributed by atoms with Gasteiger partial charge in [0.2, 0.25) is 0 Å². The molecule has 0 aliphatic carbocycles. The van der Waals surface area contributed by atoms with Crippen molar-refractivity contribution in [2.45, 2.75) is 25.3 Å². The minimum Gasteiger partial charge on any atom is -0.469 e. The van der Waals surface area contributed by atoms with E-state index in [1.165, 1.54) is 7.11 Å². The van der Waals surface area contributed by atoms with E-state index in [9.17, 15) is 13.2 Å². The molecule has 1 aliphatic rings. The Bertz CT molecular complexity index is 325. The molecule has 0 amide bonds. The summed E-state index contributed by atoms with van der Waals surface area (Å²) < 4.78 is 27.2. The molecule has 0 unspecified atom stereocenters. The molecule has 6 heteroatoms. The predicted molar refractivity (Wildman–Crippen MR) is 56.0 cm³/mol. The lowest BCUT2D eigenvalue weighted by Crippen LogP contribution is -2.31. The molecule has 0 saturated carbocycles. The van der Waals surface area contributed by atoms with Crippen LogP contribution in [0.15, 0.2) is 0 Å². The molecule has 0 bridgehead atoms. The van der Waals surface area contributed by atoms with Gasteiger partial charge in [-0.3, -0.25) is 4.79 Å². The molecule has 5 nitrogen and oxygen atoms in total. The van der Waals surface area contributed by atoms with Crippen molar-refractivity contribution in [3.05, 3.63) is 0 Å². The van der Waals surface area contributed by atoms with Crippen LogP contribution >= 0.6 is 0 Å². The molecule has 1 aliphatic heterocycles. The Hall–Kier alpha value is -0.620. The van der Waals surface area contributed by atoms with Crippen LogP contribution in [0, 0.1) is 5.92 Å². The Kier molecular flexibility index (Phi) is 4.10. The number of ether oxygens (including phenoxy) is 1. The first-order valence-electron chi connectivity index (χ1n) is 4.97. The van der Waals surface area contributed by atoms with Gasteiger partial charge in [0, 0.05) is 12.5 Å². The summed E-state index contributed by atoms with van der Waals surface area (Å²) >= 11 is 0. The molecule has 0 aromatic rings. The van der Waals surface area contributed by atoms with Crippen LogP contribution in [-0.4, -0.2) is 39.0 Å². The third-order valence-electron chi connectivity index (χ3n) is 2.82. The van der Waals surface area contributed by atoms with E-state index in [2.05, 4.69) is 4.74 Å². The smallest absolute Gasteiger partial charge is 0.305 e. The van der Waals surface area contributed by atoms with Crippen LogP contribution in [0.3, 0.4) is 0 Å². The standard InChI is InChI=1S/C9H17NO4S/c1-14-9(11)6-7-2-4-15(12,13)5-3-8(7)10/h7-8H,2-6,10H2,1H3/t7-,8-/m1/s1. The average Bonchev–Trinajstić information content (AvgIpc) is 2.31. The van der Waals surface area contributed by atoms with Crippen molar-refractivity contribution >= 4 is 15.8 Å². The minimum absolute atomic E-state index is 0.0743. The average molecular weight is 235 g/mol. The Labute approximate surface area is 89.9 Å². The van der Waals surface area contributed by atoms with Crippen LogP contribution in [-0.2, 0) is 19.4 Å². The molecule has 1 fully saturated rings. The minimum atomic E-state index is -2.96. The molecule has 0 aromatic heterocycles. The van der Waals surface area contributed by atoms with Crippen LogP contribution in [0.1, 0.15) is 19.3 Å². The van der Waals surface area contributed by atoms with Gasteiger partial charge in [-0.05, 0) is 18.8 Å². The molecule has 88 valence electrons. The van der Waals surface area contributed by atoms with Crippen molar-refractivity contribution in [1.82, 2.24) is 0 Å². The van der Waals surface area contributed by atoms with Gasteiger partial charge in [0.15, 0.2) is 0 Å². The summed E-state index contributed by atoms with van der Waals surface area (Å²) in [7, 11) is -1.64. The molecule has 15 heavy (non-hydrogen) atoms. The maximum atomic E-state index is 11.3. The Morgan fingerprint density at radius 2 is 2.00 bits per heavy atom. The monoisotopic (exact) mass is 235 g/mol. The van der Waals surface area contributed by atoms with E-state index < -0.39 is 9.84 Å². The van der Waals surface area contributed by atoms with Crippen LogP contribution in [0.4, 0.5) is 0 Å². The number of carbonyl (C=O) groups is 1. The van der Waals surface area contributed by atoms with Gasteiger partial charge in [0.1, 0.15) is 9.84 Å². The SMILES string of the molecule is COC(=O)C[C@H]1CCS(=O)(=O)CC[C@H]1N. The lowest BCUT2D eigenvalue weighted by Gasteiger charge is -2.18. The number of nitrogens with two attached hydrogens (primary N) is 1. The molecule has 1 heterocycles. The first-order valence-corrected chi connectivity index (χ1v) is 6.79. The van der Waals surface area contributed by atoms with Gasteiger partial charge in [-0.2, -0.15) is 0 Å². The lowest BCUT2D eigenvalue weighted by atomic mass is 9.92. The summed E-state index contributed by atoms with van der Waals surface area (Å²) in [6.45, 7) is 0. The summed E-state index contributed by atoms with van der Waals surface area (Å²) in [5.41, 5.74) is 5.83. The largest absolute Gasteiger partial charge is 0.469 e. The van der Waals surface area contributed by atoms with Gasteiger partial charge < -0.3 is 10.5 Å². The van der Waals surface area contributed by atoms with Crippen molar-refractivity contribution in [3.63, 3.8) is 0 Å². The summed E-state index contributed by atoms with van der Waals surface area (Å²) in [5.74, 6) is -0.141. The van der Waals surface area contributed by atoms with E-state index in [4.69, 9.17) is 5.73 Å². The van der Waals surface area contributed by atoms with E-state index in [0.717, 1.165) is 0 Å². The Balaban J connectivity index is 2.61. The molecule has 2 atom stereocenters. The number of esters is 1. The summed E-state index contributed by atoms with van der Waals surface area (Å²) in [6.07, 6.45) is 1.11. The van der Waals surface area contributed by atoms with Gasteiger partial charge in [0.25, 0.3) is 0 Å². The fraction of sp³-hybridized carbons (Fsp3) is 0.889.